The standard InChI is InChI=1S/C17H25N3/c1-12-5-6-15-16(14(3)19-17(15)13(12)2)11-20-9-4-7-18-8-10-20/h5-6,18-19H,4,7-11H2,1-3H3. The van der Waals surface area contributed by atoms with Gasteiger partial charge in [-0.3, -0.25) is 4.90 Å². The van der Waals surface area contributed by atoms with Crippen LogP contribution in [0.25, 0.3) is 10.9 Å². The van der Waals surface area contributed by atoms with Gasteiger partial charge in [0, 0.05) is 36.2 Å². The van der Waals surface area contributed by atoms with E-state index in [0.29, 0.717) is 0 Å². The normalized spacial score (nSPS) is 17.6. The average molecular weight is 271 g/mol. The lowest BCUT2D eigenvalue weighted by Gasteiger charge is -2.19. The molecule has 1 aromatic carbocycles. The molecule has 0 atom stereocenters. The SMILES string of the molecule is Cc1ccc2c(CN3CCCNCC3)c(C)[nH]c2c1C. The summed E-state index contributed by atoms with van der Waals surface area (Å²) in [5.74, 6) is 0. The zero-order valence-electron chi connectivity index (χ0n) is 12.8. The molecular weight excluding hydrogens is 246 g/mol. The van der Waals surface area contributed by atoms with Gasteiger partial charge in [0.2, 0.25) is 0 Å². The second-order valence-corrected chi connectivity index (χ2v) is 6.04. The van der Waals surface area contributed by atoms with Gasteiger partial charge in [0.1, 0.15) is 0 Å². The highest BCUT2D eigenvalue weighted by molar-refractivity contribution is 5.88. The fourth-order valence-electron chi connectivity index (χ4n) is 3.18. The minimum atomic E-state index is 1.07. The van der Waals surface area contributed by atoms with Crippen LogP contribution in [-0.4, -0.2) is 36.1 Å². The summed E-state index contributed by atoms with van der Waals surface area (Å²) in [7, 11) is 0. The first-order chi connectivity index (χ1) is 9.66. The molecule has 1 saturated heterocycles. The fraction of sp³-hybridized carbons (Fsp3) is 0.529. The Bertz CT molecular complexity index is 604. The highest BCUT2D eigenvalue weighted by Gasteiger charge is 2.15. The van der Waals surface area contributed by atoms with Crippen LogP contribution >= 0.6 is 0 Å². The van der Waals surface area contributed by atoms with Crippen LogP contribution in [0.3, 0.4) is 0 Å². The van der Waals surface area contributed by atoms with Crippen LogP contribution in [0.15, 0.2) is 12.1 Å². The summed E-state index contributed by atoms with van der Waals surface area (Å²) >= 11 is 0. The third-order valence-corrected chi connectivity index (χ3v) is 4.64. The van der Waals surface area contributed by atoms with Crippen LogP contribution in [0, 0.1) is 20.8 Å². The number of fused-ring (bicyclic) bond motifs is 1. The lowest BCUT2D eigenvalue weighted by atomic mass is 10.0. The van der Waals surface area contributed by atoms with E-state index in [0.717, 1.165) is 26.2 Å². The minimum Gasteiger partial charge on any atom is -0.358 e. The molecule has 1 aliphatic rings. The molecule has 1 fully saturated rings. The van der Waals surface area contributed by atoms with Gasteiger partial charge in [0.05, 0.1) is 0 Å². The van der Waals surface area contributed by atoms with E-state index >= 15 is 0 Å². The van der Waals surface area contributed by atoms with Gasteiger partial charge in [-0.1, -0.05) is 12.1 Å². The number of benzene rings is 1. The van der Waals surface area contributed by atoms with E-state index in [9.17, 15) is 0 Å². The van der Waals surface area contributed by atoms with Gasteiger partial charge < -0.3 is 10.3 Å². The zero-order valence-corrected chi connectivity index (χ0v) is 12.8. The van der Waals surface area contributed by atoms with E-state index in [-0.39, 0.29) is 0 Å². The lowest BCUT2D eigenvalue weighted by Crippen LogP contribution is -2.27. The highest BCUT2D eigenvalue weighted by Crippen LogP contribution is 2.27. The van der Waals surface area contributed by atoms with Crippen LogP contribution in [-0.2, 0) is 6.54 Å². The van der Waals surface area contributed by atoms with E-state index in [2.05, 4.69) is 48.1 Å². The van der Waals surface area contributed by atoms with Crippen LogP contribution in [0.4, 0.5) is 0 Å². The second kappa shape index (κ2) is 5.58. The lowest BCUT2D eigenvalue weighted by molar-refractivity contribution is 0.285. The molecule has 108 valence electrons. The van der Waals surface area contributed by atoms with E-state index in [1.807, 2.05) is 0 Å². The molecule has 0 unspecified atom stereocenters. The number of hydrogen-bond donors (Lipinski definition) is 2. The summed E-state index contributed by atoms with van der Waals surface area (Å²) in [5, 5.41) is 4.88. The first-order valence-electron chi connectivity index (χ1n) is 7.67. The molecule has 0 amide bonds. The number of nitrogens with one attached hydrogen (secondary N) is 2. The van der Waals surface area contributed by atoms with Crippen molar-refractivity contribution in [2.45, 2.75) is 33.7 Å². The van der Waals surface area contributed by atoms with E-state index in [4.69, 9.17) is 0 Å². The average Bonchev–Trinajstić information content (AvgIpc) is 2.63. The number of rotatable bonds is 2. The van der Waals surface area contributed by atoms with Gasteiger partial charge in [-0.2, -0.15) is 0 Å². The Morgan fingerprint density at radius 1 is 1.10 bits per heavy atom. The Hall–Kier alpha value is -1.32. The molecule has 2 aromatic rings. The van der Waals surface area contributed by atoms with Gasteiger partial charge in [-0.15, -0.1) is 0 Å². The van der Waals surface area contributed by atoms with Crippen LogP contribution in [0.2, 0.25) is 0 Å². The van der Waals surface area contributed by atoms with Crippen LogP contribution in [0.5, 0.6) is 0 Å². The fourth-order valence-corrected chi connectivity index (χ4v) is 3.18. The van der Waals surface area contributed by atoms with Gasteiger partial charge in [-0.25, -0.2) is 0 Å². The molecule has 0 bridgehead atoms. The number of aryl methyl sites for hydroxylation is 3. The number of aromatic amines is 1. The van der Waals surface area contributed by atoms with E-state index in [1.165, 1.54) is 46.3 Å². The Balaban J connectivity index is 1.94. The summed E-state index contributed by atoms with van der Waals surface area (Å²) in [6, 6.07) is 4.53. The van der Waals surface area contributed by atoms with Crippen LogP contribution in [0.1, 0.15) is 28.8 Å². The maximum atomic E-state index is 3.60. The Morgan fingerprint density at radius 2 is 1.95 bits per heavy atom. The van der Waals surface area contributed by atoms with Gasteiger partial charge >= 0.3 is 0 Å². The van der Waals surface area contributed by atoms with Crippen molar-refractivity contribution in [1.29, 1.82) is 0 Å². The van der Waals surface area contributed by atoms with Crippen molar-refractivity contribution in [2.75, 3.05) is 26.2 Å². The van der Waals surface area contributed by atoms with Crippen molar-refractivity contribution in [3.8, 4) is 0 Å². The van der Waals surface area contributed by atoms with Gasteiger partial charge in [-0.05, 0) is 57.0 Å². The third kappa shape index (κ3) is 2.48. The second-order valence-electron chi connectivity index (χ2n) is 6.04. The summed E-state index contributed by atoms with van der Waals surface area (Å²) in [6.45, 7) is 12.3. The first-order valence-corrected chi connectivity index (χ1v) is 7.67. The molecule has 3 nitrogen and oxygen atoms in total. The van der Waals surface area contributed by atoms with E-state index in [1.54, 1.807) is 0 Å². The Kier molecular flexibility index (Phi) is 3.81. The van der Waals surface area contributed by atoms with Crippen molar-refractivity contribution in [3.63, 3.8) is 0 Å². The number of aromatic nitrogens is 1. The number of hydrogen-bond acceptors (Lipinski definition) is 2. The highest BCUT2D eigenvalue weighted by atomic mass is 15.1. The smallest absolute Gasteiger partial charge is 0.0491 e. The number of nitrogens with zero attached hydrogens (tertiary/aromatic N) is 1. The summed E-state index contributed by atoms with van der Waals surface area (Å²) in [4.78, 5) is 6.17. The van der Waals surface area contributed by atoms with Crippen molar-refractivity contribution in [3.05, 3.63) is 34.5 Å². The predicted molar refractivity (Wildman–Crippen MR) is 85.3 cm³/mol. The van der Waals surface area contributed by atoms with Crippen molar-refractivity contribution >= 4 is 10.9 Å². The molecule has 3 rings (SSSR count). The molecule has 1 aliphatic heterocycles. The third-order valence-electron chi connectivity index (χ3n) is 4.64. The molecular formula is C17H25N3. The minimum absolute atomic E-state index is 1.07. The van der Waals surface area contributed by atoms with Crippen LogP contribution < -0.4 is 5.32 Å². The van der Waals surface area contributed by atoms with Gasteiger partial charge in [0.15, 0.2) is 0 Å². The number of H-pyrrole nitrogens is 1. The quantitative estimate of drug-likeness (QED) is 0.880. The van der Waals surface area contributed by atoms with Gasteiger partial charge in [0.25, 0.3) is 0 Å². The zero-order chi connectivity index (χ0) is 14.1. The summed E-state index contributed by atoms with van der Waals surface area (Å²) < 4.78 is 0. The molecule has 0 spiro atoms. The molecule has 0 saturated carbocycles. The van der Waals surface area contributed by atoms with Crippen molar-refractivity contribution < 1.29 is 0 Å². The molecule has 2 N–H and O–H groups in total. The van der Waals surface area contributed by atoms with E-state index < -0.39 is 0 Å². The molecule has 2 heterocycles. The summed E-state index contributed by atoms with van der Waals surface area (Å²) in [6.07, 6.45) is 1.25. The van der Waals surface area contributed by atoms with Crippen molar-refractivity contribution in [1.82, 2.24) is 15.2 Å². The molecule has 3 heteroatoms. The molecule has 0 aliphatic carbocycles. The Morgan fingerprint density at radius 3 is 2.80 bits per heavy atom. The topological polar surface area (TPSA) is 31.1 Å². The maximum Gasteiger partial charge on any atom is 0.0491 e. The van der Waals surface area contributed by atoms with Crippen molar-refractivity contribution in [2.24, 2.45) is 0 Å². The summed E-state index contributed by atoms with van der Waals surface area (Å²) in [5.41, 5.74) is 6.88. The molecule has 20 heavy (non-hydrogen) atoms. The Labute approximate surface area is 121 Å². The molecule has 1 aromatic heterocycles. The largest absolute Gasteiger partial charge is 0.358 e. The predicted octanol–water partition coefficient (Wildman–Crippen LogP) is 2.89. The molecule has 0 radical (unpaired) electrons. The first kappa shape index (κ1) is 13.7. The maximum absolute atomic E-state index is 3.60. The monoisotopic (exact) mass is 271 g/mol.